The van der Waals surface area contributed by atoms with Crippen molar-refractivity contribution in [2.75, 3.05) is 11.9 Å². The minimum absolute atomic E-state index is 0.189. The van der Waals surface area contributed by atoms with E-state index in [9.17, 15) is 4.39 Å². The Labute approximate surface area is 116 Å². The molecular formula is C14H18BrFN2. The zero-order chi connectivity index (χ0) is 12.7. The van der Waals surface area contributed by atoms with Crippen LogP contribution in [-0.2, 0) is 0 Å². The van der Waals surface area contributed by atoms with Gasteiger partial charge in [-0.3, -0.25) is 4.90 Å². The van der Waals surface area contributed by atoms with Crippen LogP contribution in [0.25, 0.3) is 0 Å². The van der Waals surface area contributed by atoms with Crippen LogP contribution in [0.5, 0.6) is 0 Å². The van der Waals surface area contributed by atoms with Gasteiger partial charge in [-0.1, -0.05) is 0 Å². The lowest BCUT2D eigenvalue weighted by Crippen LogP contribution is -2.31. The van der Waals surface area contributed by atoms with Crippen LogP contribution in [0, 0.1) is 5.82 Å². The van der Waals surface area contributed by atoms with Gasteiger partial charge in [-0.15, -0.1) is 0 Å². The maximum Gasteiger partial charge on any atom is 0.125 e. The van der Waals surface area contributed by atoms with E-state index in [1.807, 2.05) is 0 Å². The van der Waals surface area contributed by atoms with E-state index in [0.717, 1.165) is 29.2 Å². The molecule has 1 N–H and O–H groups in total. The molecule has 98 valence electrons. The molecule has 2 fully saturated rings. The summed E-state index contributed by atoms with van der Waals surface area (Å²) in [6.07, 6.45) is 3.83. The Morgan fingerprint density at radius 2 is 2.17 bits per heavy atom. The van der Waals surface area contributed by atoms with Crippen LogP contribution < -0.4 is 5.32 Å². The highest BCUT2D eigenvalue weighted by Gasteiger charge is 2.38. The van der Waals surface area contributed by atoms with Crippen LogP contribution in [0.1, 0.15) is 26.2 Å². The third kappa shape index (κ3) is 2.54. The summed E-state index contributed by atoms with van der Waals surface area (Å²) in [5.74, 6) is -0.189. The summed E-state index contributed by atoms with van der Waals surface area (Å²) in [6, 6.07) is 6.68. The quantitative estimate of drug-likeness (QED) is 0.917. The lowest BCUT2D eigenvalue weighted by molar-refractivity contribution is 0.257. The monoisotopic (exact) mass is 312 g/mol. The van der Waals surface area contributed by atoms with E-state index in [0.29, 0.717) is 12.1 Å². The van der Waals surface area contributed by atoms with Crippen molar-refractivity contribution < 1.29 is 4.39 Å². The molecule has 18 heavy (non-hydrogen) atoms. The van der Waals surface area contributed by atoms with E-state index in [1.165, 1.54) is 18.9 Å². The smallest absolute Gasteiger partial charge is 0.125 e. The molecule has 1 aromatic carbocycles. The minimum Gasteiger partial charge on any atom is -0.380 e. The summed E-state index contributed by atoms with van der Waals surface area (Å²) < 4.78 is 14.2. The second-order valence-electron chi connectivity index (χ2n) is 5.48. The molecule has 4 heteroatoms. The molecule has 1 saturated heterocycles. The Morgan fingerprint density at radius 1 is 1.39 bits per heavy atom. The van der Waals surface area contributed by atoms with Crippen molar-refractivity contribution in [2.24, 2.45) is 0 Å². The third-order valence-corrected chi connectivity index (χ3v) is 4.62. The van der Waals surface area contributed by atoms with Crippen LogP contribution in [-0.4, -0.2) is 29.6 Å². The van der Waals surface area contributed by atoms with E-state index < -0.39 is 0 Å². The number of likely N-dealkylation sites (tertiary alicyclic amines) is 1. The first kappa shape index (κ1) is 12.4. The Bertz CT molecular complexity index is 447. The number of halogens is 2. The fourth-order valence-electron chi connectivity index (χ4n) is 2.90. The molecule has 1 saturated carbocycles. The summed E-state index contributed by atoms with van der Waals surface area (Å²) in [7, 11) is 0. The van der Waals surface area contributed by atoms with Gasteiger partial charge >= 0.3 is 0 Å². The van der Waals surface area contributed by atoms with E-state index in [2.05, 4.69) is 33.1 Å². The van der Waals surface area contributed by atoms with E-state index in [1.54, 1.807) is 12.1 Å². The highest BCUT2D eigenvalue weighted by Crippen LogP contribution is 2.34. The van der Waals surface area contributed by atoms with Crippen LogP contribution in [0.4, 0.5) is 10.1 Å². The van der Waals surface area contributed by atoms with Gasteiger partial charge in [-0.2, -0.15) is 0 Å². The molecule has 0 radical (unpaired) electrons. The van der Waals surface area contributed by atoms with Gasteiger partial charge in [-0.25, -0.2) is 4.39 Å². The Kier molecular flexibility index (Phi) is 3.32. The molecular weight excluding hydrogens is 295 g/mol. The minimum atomic E-state index is -0.189. The zero-order valence-corrected chi connectivity index (χ0v) is 12.1. The first-order valence-corrected chi connectivity index (χ1v) is 7.40. The molecule has 1 aliphatic heterocycles. The van der Waals surface area contributed by atoms with Gasteiger partial charge in [0.15, 0.2) is 0 Å². The summed E-state index contributed by atoms with van der Waals surface area (Å²) in [5, 5.41) is 3.46. The Morgan fingerprint density at radius 3 is 2.89 bits per heavy atom. The molecule has 2 nitrogen and oxygen atoms in total. The summed E-state index contributed by atoms with van der Waals surface area (Å²) in [4.78, 5) is 2.59. The predicted molar refractivity (Wildman–Crippen MR) is 75.3 cm³/mol. The van der Waals surface area contributed by atoms with Crippen molar-refractivity contribution >= 4 is 21.6 Å². The molecule has 0 spiro atoms. The average Bonchev–Trinajstić information content (AvgIpc) is 3.09. The fourth-order valence-corrected chi connectivity index (χ4v) is 3.26. The molecule has 1 aromatic rings. The van der Waals surface area contributed by atoms with Gasteiger partial charge in [0.2, 0.25) is 0 Å². The van der Waals surface area contributed by atoms with Crippen molar-refractivity contribution in [3.8, 4) is 0 Å². The van der Waals surface area contributed by atoms with Crippen LogP contribution in [0.15, 0.2) is 22.7 Å². The van der Waals surface area contributed by atoms with Crippen molar-refractivity contribution in [3.05, 3.63) is 28.5 Å². The molecule has 2 atom stereocenters. The van der Waals surface area contributed by atoms with Gasteiger partial charge in [0.05, 0.1) is 5.69 Å². The molecule has 3 rings (SSSR count). The van der Waals surface area contributed by atoms with Crippen LogP contribution in [0.3, 0.4) is 0 Å². The molecule has 2 aliphatic rings. The van der Waals surface area contributed by atoms with E-state index in [-0.39, 0.29) is 5.82 Å². The van der Waals surface area contributed by atoms with Crippen molar-refractivity contribution in [2.45, 2.75) is 44.3 Å². The second kappa shape index (κ2) is 4.82. The second-order valence-corrected chi connectivity index (χ2v) is 6.33. The topological polar surface area (TPSA) is 15.3 Å². The molecule has 0 aromatic heterocycles. The van der Waals surface area contributed by atoms with E-state index >= 15 is 0 Å². The first-order chi connectivity index (χ1) is 8.63. The zero-order valence-electron chi connectivity index (χ0n) is 10.5. The van der Waals surface area contributed by atoms with Gasteiger partial charge < -0.3 is 5.32 Å². The van der Waals surface area contributed by atoms with Crippen LogP contribution >= 0.6 is 15.9 Å². The number of hydrogen-bond acceptors (Lipinski definition) is 2. The Balaban J connectivity index is 1.68. The SMILES string of the molecule is CC1CC(Nc2cc(F)ccc2Br)CN1C1CC1. The molecule has 1 aliphatic carbocycles. The standard InChI is InChI=1S/C14H18BrFN2/c1-9-6-11(8-18(9)12-3-4-12)17-14-7-10(16)2-5-13(14)15/h2,5,7,9,11-12,17H,3-4,6,8H2,1H3. The molecule has 0 bridgehead atoms. The average molecular weight is 313 g/mol. The van der Waals surface area contributed by atoms with Gasteiger partial charge in [0, 0.05) is 29.1 Å². The van der Waals surface area contributed by atoms with Gasteiger partial charge in [0.25, 0.3) is 0 Å². The molecule has 0 amide bonds. The highest BCUT2D eigenvalue weighted by molar-refractivity contribution is 9.10. The molecule has 2 unspecified atom stereocenters. The van der Waals surface area contributed by atoms with Crippen LogP contribution in [0.2, 0.25) is 0 Å². The normalized spacial score (nSPS) is 28.6. The highest BCUT2D eigenvalue weighted by atomic mass is 79.9. The molecule has 1 heterocycles. The van der Waals surface area contributed by atoms with Gasteiger partial charge in [0.1, 0.15) is 5.82 Å². The lowest BCUT2D eigenvalue weighted by atomic mass is 10.2. The third-order valence-electron chi connectivity index (χ3n) is 3.93. The fraction of sp³-hybridized carbons (Fsp3) is 0.571. The number of rotatable bonds is 3. The Hall–Kier alpha value is -0.610. The van der Waals surface area contributed by atoms with Crippen molar-refractivity contribution in [1.29, 1.82) is 0 Å². The summed E-state index contributed by atoms with van der Waals surface area (Å²) in [5.41, 5.74) is 0.866. The first-order valence-electron chi connectivity index (χ1n) is 6.61. The number of anilines is 1. The largest absolute Gasteiger partial charge is 0.380 e. The summed E-state index contributed by atoms with van der Waals surface area (Å²) in [6.45, 7) is 3.37. The predicted octanol–water partition coefficient (Wildman–Crippen LogP) is 3.63. The number of hydrogen-bond donors (Lipinski definition) is 1. The van der Waals surface area contributed by atoms with Gasteiger partial charge in [-0.05, 0) is 60.3 Å². The lowest BCUT2D eigenvalue weighted by Gasteiger charge is -2.20. The van der Waals surface area contributed by atoms with E-state index in [4.69, 9.17) is 0 Å². The number of nitrogens with zero attached hydrogens (tertiary/aromatic N) is 1. The number of nitrogens with one attached hydrogen (secondary N) is 1. The van der Waals surface area contributed by atoms with Crippen molar-refractivity contribution in [1.82, 2.24) is 4.90 Å². The summed E-state index contributed by atoms with van der Waals surface area (Å²) >= 11 is 3.47. The maximum absolute atomic E-state index is 13.2. The maximum atomic E-state index is 13.2. The van der Waals surface area contributed by atoms with Crippen molar-refractivity contribution in [3.63, 3.8) is 0 Å². The number of benzene rings is 1.